The summed E-state index contributed by atoms with van der Waals surface area (Å²) >= 11 is 6.05. The number of nitrogens with zero attached hydrogens (tertiary/aromatic N) is 5. The average Bonchev–Trinajstić information content (AvgIpc) is 3.44. The first kappa shape index (κ1) is 22.5. The van der Waals surface area contributed by atoms with Crippen molar-refractivity contribution in [2.45, 2.75) is 45.1 Å². The number of imidazole rings is 1. The standard InChI is InChI=1S/C25H24ClF2N5O/c1-15-13-32(14-29-15)21-9-6-16(11-22(21)34-3)23-30-31-24-19(5-4-10-33(23)24)18-8-7-17(26)12-20(18)25(2,27)28/h6-9,11-14,19H,4-5,10H2,1-3H3. The lowest BCUT2D eigenvalue weighted by atomic mass is 9.86. The van der Waals surface area contributed by atoms with Gasteiger partial charge >= 0.3 is 0 Å². The van der Waals surface area contributed by atoms with E-state index in [4.69, 9.17) is 16.3 Å². The van der Waals surface area contributed by atoms with Crippen LogP contribution in [-0.4, -0.2) is 31.4 Å². The van der Waals surface area contributed by atoms with Gasteiger partial charge in [0.1, 0.15) is 11.6 Å². The molecule has 0 radical (unpaired) electrons. The van der Waals surface area contributed by atoms with Gasteiger partial charge in [0, 0.05) is 41.7 Å². The molecule has 0 amide bonds. The van der Waals surface area contributed by atoms with Crippen LogP contribution < -0.4 is 4.74 Å². The molecule has 1 aliphatic heterocycles. The summed E-state index contributed by atoms with van der Waals surface area (Å²) in [6.07, 6.45) is 5.20. The van der Waals surface area contributed by atoms with E-state index in [1.54, 1.807) is 25.6 Å². The summed E-state index contributed by atoms with van der Waals surface area (Å²) < 4.78 is 38.4. The van der Waals surface area contributed by atoms with Gasteiger partial charge in [0.25, 0.3) is 5.92 Å². The first-order valence-corrected chi connectivity index (χ1v) is 11.4. The molecular weight excluding hydrogens is 460 g/mol. The van der Waals surface area contributed by atoms with E-state index in [1.807, 2.05) is 40.5 Å². The fraction of sp³-hybridized carbons (Fsp3) is 0.320. The number of methoxy groups -OCH3 is 1. The van der Waals surface area contributed by atoms with Gasteiger partial charge in [-0.1, -0.05) is 17.7 Å². The largest absolute Gasteiger partial charge is 0.495 e. The number of aryl methyl sites for hydroxylation is 1. The molecule has 2 aromatic carbocycles. The quantitative estimate of drug-likeness (QED) is 0.342. The lowest BCUT2D eigenvalue weighted by Gasteiger charge is -2.27. The van der Waals surface area contributed by atoms with E-state index in [2.05, 4.69) is 15.2 Å². The second-order valence-electron chi connectivity index (χ2n) is 8.66. The van der Waals surface area contributed by atoms with E-state index in [1.165, 1.54) is 6.07 Å². The fourth-order valence-corrected chi connectivity index (χ4v) is 4.85. The van der Waals surface area contributed by atoms with Crippen molar-refractivity contribution in [3.05, 3.63) is 76.6 Å². The van der Waals surface area contributed by atoms with Crippen molar-refractivity contribution >= 4 is 11.6 Å². The van der Waals surface area contributed by atoms with Crippen LogP contribution >= 0.6 is 11.6 Å². The molecule has 0 saturated heterocycles. The molecule has 0 aliphatic carbocycles. The Morgan fingerprint density at radius 3 is 2.68 bits per heavy atom. The van der Waals surface area contributed by atoms with Crippen molar-refractivity contribution in [2.75, 3.05) is 7.11 Å². The average molecular weight is 484 g/mol. The Morgan fingerprint density at radius 1 is 1.15 bits per heavy atom. The minimum absolute atomic E-state index is 0.0651. The predicted molar refractivity (Wildman–Crippen MR) is 126 cm³/mol. The number of alkyl halides is 2. The fourth-order valence-electron chi connectivity index (χ4n) is 4.68. The highest BCUT2D eigenvalue weighted by Gasteiger charge is 2.35. The summed E-state index contributed by atoms with van der Waals surface area (Å²) in [6, 6.07) is 10.5. The first-order valence-electron chi connectivity index (χ1n) is 11.1. The number of fused-ring (bicyclic) bond motifs is 1. The van der Waals surface area contributed by atoms with E-state index >= 15 is 0 Å². The normalized spacial score (nSPS) is 15.9. The molecule has 2 aromatic heterocycles. The third-order valence-corrected chi connectivity index (χ3v) is 6.49. The maximum Gasteiger partial charge on any atom is 0.270 e. The van der Waals surface area contributed by atoms with Gasteiger partial charge in [0.15, 0.2) is 5.82 Å². The number of ether oxygens (including phenoxy) is 1. The SMILES string of the molecule is COc1cc(-c2nnc3n2CCCC3c2ccc(Cl)cc2C(C)(F)F)ccc1-n1cnc(C)c1. The number of rotatable bonds is 5. The highest BCUT2D eigenvalue weighted by Crippen LogP contribution is 2.42. The molecule has 176 valence electrons. The molecule has 6 nitrogen and oxygen atoms in total. The van der Waals surface area contributed by atoms with Crippen molar-refractivity contribution in [3.8, 4) is 22.8 Å². The van der Waals surface area contributed by atoms with Crippen LogP contribution in [0.15, 0.2) is 48.9 Å². The van der Waals surface area contributed by atoms with Crippen molar-refractivity contribution in [1.29, 1.82) is 0 Å². The predicted octanol–water partition coefficient (Wildman–Crippen LogP) is 6.14. The maximum atomic E-state index is 14.4. The van der Waals surface area contributed by atoms with Crippen molar-refractivity contribution in [2.24, 2.45) is 0 Å². The number of hydrogen-bond acceptors (Lipinski definition) is 4. The minimum Gasteiger partial charge on any atom is -0.495 e. The van der Waals surface area contributed by atoms with Gasteiger partial charge in [0.2, 0.25) is 0 Å². The summed E-state index contributed by atoms with van der Waals surface area (Å²) in [5.74, 6) is -1.26. The van der Waals surface area contributed by atoms with Crippen LogP contribution in [-0.2, 0) is 12.5 Å². The van der Waals surface area contributed by atoms with Crippen LogP contribution in [0.5, 0.6) is 5.75 Å². The third kappa shape index (κ3) is 3.96. The Hall–Kier alpha value is -3.26. The zero-order valence-corrected chi connectivity index (χ0v) is 19.9. The number of benzene rings is 2. The van der Waals surface area contributed by atoms with Gasteiger partial charge in [-0.05, 0) is 55.7 Å². The van der Waals surface area contributed by atoms with Crippen molar-refractivity contribution in [3.63, 3.8) is 0 Å². The van der Waals surface area contributed by atoms with E-state index in [0.29, 0.717) is 40.9 Å². The van der Waals surface area contributed by atoms with Gasteiger partial charge in [0.05, 0.1) is 24.8 Å². The Bertz CT molecular complexity index is 1360. The molecule has 0 N–H and O–H groups in total. The van der Waals surface area contributed by atoms with Crippen molar-refractivity contribution < 1.29 is 13.5 Å². The molecule has 0 spiro atoms. The second kappa shape index (κ2) is 8.51. The van der Waals surface area contributed by atoms with E-state index in [0.717, 1.165) is 30.3 Å². The molecule has 0 saturated carbocycles. The lowest BCUT2D eigenvalue weighted by Crippen LogP contribution is -2.21. The molecule has 5 rings (SSSR count). The molecule has 1 unspecified atom stereocenters. The van der Waals surface area contributed by atoms with Crippen LogP contribution in [0, 0.1) is 6.92 Å². The summed E-state index contributed by atoms with van der Waals surface area (Å²) in [4.78, 5) is 4.28. The minimum atomic E-state index is -3.01. The Morgan fingerprint density at radius 2 is 1.97 bits per heavy atom. The smallest absolute Gasteiger partial charge is 0.270 e. The molecule has 9 heteroatoms. The monoisotopic (exact) mass is 483 g/mol. The van der Waals surface area contributed by atoms with Gasteiger partial charge in [-0.3, -0.25) is 0 Å². The molecule has 34 heavy (non-hydrogen) atoms. The van der Waals surface area contributed by atoms with Crippen LogP contribution in [0.25, 0.3) is 17.1 Å². The van der Waals surface area contributed by atoms with E-state index < -0.39 is 5.92 Å². The van der Waals surface area contributed by atoms with Gasteiger partial charge in [-0.2, -0.15) is 0 Å². The summed E-state index contributed by atoms with van der Waals surface area (Å²) in [5, 5.41) is 9.21. The van der Waals surface area contributed by atoms with Crippen LogP contribution in [0.4, 0.5) is 8.78 Å². The summed E-state index contributed by atoms with van der Waals surface area (Å²) in [7, 11) is 1.62. The molecule has 1 aliphatic rings. The molecule has 4 aromatic rings. The lowest BCUT2D eigenvalue weighted by molar-refractivity contribution is 0.0162. The summed E-state index contributed by atoms with van der Waals surface area (Å²) in [5.41, 5.74) is 3.08. The summed E-state index contributed by atoms with van der Waals surface area (Å²) in [6.45, 7) is 3.54. The molecule has 0 bridgehead atoms. The van der Waals surface area contributed by atoms with Crippen LogP contribution in [0.3, 0.4) is 0 Å². The van der Waals surface area contributed by atoms with Crippen LogP contribution in [0.2, 0.25) is 5.02 Å². The Kier molecular flexibility index (Phi) is 5.64. The van der Waals surface area contributed by atoms with Crippen molar-refractivity contribution in [1.82, 2.24) is 24.3 Å². The first-order chi connectivity index (χ1) is 16.3. The number of hydrogen-bond donors (Lipinski definition) is 0. The topological polar surface area (TPSA) is 57.8 Å². The molecule has 1 atom stereocenters. The van der Waals surface area contributed by atoms with Crippen LogP contribution in [0.1, 0.15) is 48.3 Å². The van der Waals surface area contributed by atoms with E-state index in [-0.39, 0.29) is 11.5 Å². The van der Waals surface area contributed by atoms with Gasteiger partial charge in [-0.15, -0.1) is 10.2 Å². The second-order valence-corrected chi connectivity index (χ2v) is 9.09. The zero-order chi connectivity index (χ0) is 24.0. The Labute approximate surface area is 201 Å². The van der Waals surface area contributed by atoms with E-state index in [9.17, 15) is 8.78 Å². The third-order valence-electron chi connectivity index (χ3n) is 6.26. The molecule has 0 fully saturated rings. The highest BCUT2D eigenvalue weighted by molar-refractivity contribution is 6.30. The zero-order valence-electron chi connectivity index (χ0n) is 19.1. The number of halogens is 3. The maximum absolute atomic E-state index is 14.4. The Balaban J connectivity index is 1.57. The van der Waals surface area contributed by atoms with Gasteiger partial charge < -0.3 is 13.9 Å². The van der Waals surface area contributed by atoms with Gasteiger partial charge in [-0.25, -0.2) is 13.8 Å². The molecular formula is C25H24ClF2N5O. The highest BCUT2D eigenvalue weighted by atomic mass is 35.5. The molecule has 3 heterocycles. The number of aromatic nitrogens is 5.